The van der Waals surface area contributed by atoms with E-state index in [0.29, 0.717) is 5.56 Å². The van der Waals surface area contributed by atoms with E-state index >= 15 is 0 Å². The number of aliphatic carboxylic acids is 1. The van der Waals surface area contributed by atoms with E-state index in [1.807, 2.05) is 49.4 Å². The van der Waals surface area contributed by atoms with Gasteiger partial charge in [0.25, 0.3) is 0 Å². The molecule has 0 radical (unpaired) electrons. The van der Waals surface area contributed by atoms with E-state index in [9.17, 15) is 18.0 Å². The van der Waals surface area contributed by atoms with E-state index in [1.54, 1.807) is 0 Å². The highest BCUT2D eigenvalue weighted by Crippen LogP contribution is 2.34. The number of carboxylic acids is 1. The molecular weight excluding hydrogens is 385 g/mol. The van der Waals surface area contributed by atoms with Gasteiger partial charge in [0.15, 0.2) is 0 Å². The maximum atomic E-state index is 12.7. The zero-order valence-corrected chi connectivity index (χ0v) is 15.8. The lowest BCUT2D eigenvalue weighted by Crippen LogP contribution is -2.03. The van der Waals surface area contributed by atoms with Crippen LogP contribution >= 0.6 is 11.8 Å². The zero-order chi connectivity index (χ0) is 20.3. The van der Waals surface area contributed by atoms with E-state index in [2.05, 4.69) is 0 Å². The van der Waals surface area contributed by atoms with Crippen molar-refractivity contribution in [2.45, 2.75) is 29.3 Å². The van der Waals surface area contributed by atoms with Crippen molar-refractivity contribution in [3.8, 4) is 11.1 Å². The van der Waals surface area contributed by atoms with Crippen molar-refractivity contribution < 1.29 is 23.1 Å². The highest BCUT2D eigenvalue weighted by Gasteiger charge is 2.29. The molecule has 0 unspecified atom stereocenters. The lowest BCUT2D eigenvalue weighted by molar-refractivity contribution is -0.138. The first-order chi connectivity index (χ1) is 13.2. The minimum Gasteiger partial charge on any atom is -0.481 e. The first-order valence-corrected chi connectivity index (χ1v) is 9.30. The molecule has 0 aliphatic heterocycles. The normalized spacial score (nSPS) is 11.4. The van der Waals surface area contributed by atoms with Crippen molar-refractivity contribution in [1.82, 2.24) is 0 Å². The highest BCUT2D eigenvalue weighted by atomic mass is 32.2. The minimum atomic E-state index is -4.35. The van der Waals surface area contributed by atoms with Crippen LogP contribution in [0.15, 0.2) is 76.5 Å². The molecule has 1 N–H and O–H groups in total. The summed E-state index contributed by atoms with van der Waals surface area (Å²) >= 11 is 1.49. The molecule has 0 atom stereocenters. The predicted molar refractivity (Wildman–Crippen MR) is 104 cm³/mol. The number of halogens is 3. The second-order valence-electron chi connectivity index (χ2n) is 6.43. The number of hydrogen-bond acceptors (Lipinski definition) is 2. The fraction of sp³-hybridized carbons (Fsp3) is 0.136. The molecule has 0 saturated heterocycles. The average Bonchev–Trinajstić information content (AvgIpc) is 2.60. The summed E-state index contributed by atoms with van der Waals surface area (Å²) in [5.41, 5.74) is 2.55. The Kier molecular flexibility index (Phi) is 5.79. The average molecular weight is 402 g/mol. The molecule has 0 heterocycles. The van der Waals surface area contributed by atoms with Gasteiger partial charge in [-0.2, -0.15) is 13.2 Å². The molecule has 0 aliphatic rings. The van der Waals surface area contributed by atoms with Crippen LogP contribution in [0.25, 0.3) is 11.1 Å². The predicted octanol–water partition coefficient (Wildman–Crippen LogP) is 6.46. The number of benzene rings is 3. The van der Waals surface area contributed by atoms with Crippen molar-refractivity contribution >= 4 is 17.7 Å². The van der Waals surface area contributed by atoms with Gasteiger partial charge in [0, 0.05) is 9.79 Å². The number of rotatable bonds is 5. The summed E-state index contributed by atoms with van der Waals surface area (Å²) in [6.45, 7) is 1.91. The van der Waals surface area contributed by atoms with E-state index in [4.69, 9.17) is 5.11 Å². The van der Waals surface area contributed by atoms with Crippen LogP contribution in [0.4, 0.5) is 13.2 Å². The fourth-order valence-corrected chi connectivity index (χ4v) is 3.95. The van der Waals surface area contributed by atoms with Crippen LogP contribution in [0.1, 0.15) is 16.7 Å². The van der Waals surface area contributed by atoms with Crippen LogP contribution in [0.5, 0.6) is 0 Å². The van der Waals surface area contributed by atoms with Gasteiger partial charge in [-0.05, 0) is 65.6 Å². The third-order valence-corrected chi connectivity index (χ3v) is 5.04. The van der Waals surface area contributed by atoms with E-state index in [0.717, 1.165) is 38.6 Å². The summed E-state index contributed by atoms with van der Waals surface area (Å²) in [5.74, 6) is -0.883. The Morgan fingerprint density at radius 1 is 0.929 bits per heavy atom. The van der Waals surface area contributed by atoms with Crippen LogP contribution in [-0.2, 0) is 17.4 Å². The monoisotopic (exact) mass is 402 g/mol. The molecule has 0 fully saturated rings. The zero-order valence-electron chi connectivity index (χ0n) is 15.0. The Balaban J connectivity index is 1.84. The molecule has 0 spiro atoms. The van der Waals surface area contributed by atoms with Crippen LogP contribution < -0.4 is 0 Å². The quantitative estimate of drug-likeness (QED) is 0.532. The topological polar surface area (TPSA) is 37.3 Å². The molecule has 6 heteroatoms. The van der Waals surface area contributed by atoms with Gasteiger partial charge >= 0.3 is 12.1 Å². The van der Waals surface area contributed by atoms with Gasteiger partial charge in [-0.25, -0.2) is 0 Å². The third-order valence-electron chi connectivity index (χ3n) is 4.08. The first kappa shape index (κ1) is 20.0. The van der Waals surface area contributed by atoms with Crippen LogP contribution in [0.2, 0.25) is 0 Å². The molecule has 28 heavy (non-hydrogen) atoms. The summed E-state index contributed by atoms with van der Waals surface area (Å²) in [4.78, 5) is 12.8. The van der Waals surface area contributed by atoms with Gasteiger partial charge in [0.05, 0.1) is 12.0 Å². The van der Waals surface area contributed by atoms with Gasteiger partial charge < -0.3 is 5.11 Å². The second-order valence-corrected chi connectivity index (χ2v) is 7.58. The lowest BCUT2D eigenvalue weighted by Gasteiger charge is -2.10. The van der Waals surface area contributed by atoms with Crippen molar-refractivity contribution in [2.75, 3.05) is 0 Å². The van der Waals surface area contributed by atoms with Crippen molar-refractivity contribution in [2.24, 2.45) is 0 Å². The Labute approximate surface area is 165 Å². The summed E-state index contributed by atoms with van der Waals surface area (Å²) in [6.07, 6.45) is -4.39. The molecule has 3 aromatic rings. The summed E-state index contributed by atoms with van der Waals surface area (Å²) in [6, 6.07) is 18.3. The largest absolute Gasteiger partial charge is 0.481 e. The number of carboxylic acid groups (broad SMARTS) is 1. The molecular formula is C22H17F3O2S. The Hall–Kier alpha value is -2.73. The molecule has 144 valence electrons. The fourth-order valence-electron chi connectivity index (χ4n) is 2.89. The maximum absolute atomic E-state index is 12.7. The molecule has 3 rings (SSSR count). The lowest BCUT2D eigenvalue weighted by atomic mass is 10.0. The number of carbonyl (C=O) groups is 1. The third kappa shape index (κ3) is 5.16. The molecule has 0 bridgehead atoms. The van der Waals surface area contributed by atoms with Gasteiger partial charge in [-0.1, -0.05) is 42.1 Å². The summed E-state index contributed by atoms with van der Waals surface area (Å²) < 4.78 is 38.2. The van der Waals surface area contributed by atoms with Gasteiger partial charge in [0.1, 0.15) is 0 Å². The Bertz CT molecular complexity index is 995. The molecule has 0 aromatic heterocycles. The standard InChI is InChI=1S/C22H17F3O2S/c1-14-9-15(12-21(26)27)11-20(10-14)28-19-4-2-3-17(13-19)16-5-7-18(8-6-16)22(23,24)25/h2-11,13H,12H2,1H3,(H,26,27). The molecule has 3 aromatic carbocycles. The number of hydrogen-bond donors (Lipinski definition) is 1. The van der Waals surface area contributed by atoms with Crippen molar-refractivity contribution in [3.05, 3.63) is 83.4 Å². The summed E-state index contributed by atoms with van der Waals surface area (Å²) in [7, 11) is 0. The van der Waals surface area contributed by atoms with Gasteiger partial charge in [-0.15, -0.1) is 0 Å². The van der Waals surface area contributed by atoms with Crippen molar-refractivity contribution in [1.29, 1.82) is 0 Å². The number of aryl methyl sites for hydroxylation is 1. The van der Waals surface area contributed by atoms with Crippen LogP contribution in [0, 0.1) is 6.92 Å². The van der Waals surface area contributed by atoms with E-state index in [-0.39, 0.29) is 6.42 Å². The smallest absolute Gasteiger partial charge is 0.416 e. The van der Waals surface area contributed by atoms with Gasteiger partial charge in [0.2, 0.25) is 0 Å². The molecule has 0 amide bonds. The van der Waals surface area contributed by atoms with Crippen molar-refractivity contribution in [3.63, 3.8) is 0 Å². The molecule has 0 saturated carbocycles. The molecule has 0 aliphatic carbocycles. The SMILES string of the molecule is Cc1cc(CC(=O)O)cc(Sc2cccc(-c3ccc(C(F)(F)F)cc3)c2)c1. The van der Waals surface area contributed by atoms with Crippen LogP contribution in [-0.4, -0.2) is 11.1 Å². The molecule has 2 nitrogen and oxygen atoms in total. The highest BCUT2D eigenvalue weighted by molar-refractivity contribution is 7.99. The maximum Gasteiger partial charge on any atom is 0.416 e. The first-order valence-electron chi connectivity index (χ1n) is 8.48. The number of alkyl halides is 3. The second kappa shape index (κ2) is 8.10. The van der Waals surface area contributed by atoms with E-state index < -0.39 is 17.7 Å². The van der Waals surface area contributed by atoms with Gasteiger partial charge in [-0.3, -0.25) is 4.79 Å². The van der Waals surface area contributed by atoms with Crippen LogP contribution in [0.3, 0.4) is 0 Å². The summed E-state index contributed by atoms with van der Waals surface area (Å²) in [5, 5.41) is 8.99. The van der Waals surface area contributed by atoms with E-state index in [1.165, 1.54) is 23.9 Å². The Morgan fingerprint density at radius 2 is 1.64 bits per heavy atom. The Morgan fingerprint density at radius 3 is 2.29 bits per heavy atom. The minimum absolute atomic E-state index is 0.0408.